The van der Waals surface area contributed by atoms with Crippen LogP contribution in [-0.2, 0) is 19.6 Å². The van der Waals surface area contributed by atoms with Gasteiger partial charge in [0.1, 0.15) is 5.72 Å². The number of hydrogen-bond acceptors (Lipinski definition) is 6. The van der Waals surface area contributed by atoms with E-state index >= 15 is 0 Å². The van der Waals surface area contributed by atoms with Gasteiger partial charge in [-0.2, -0.15) is 4.31 Å². The third-order valence-corrected chi connectivity index (χ3v) is 8.41. The molecule has 2 aromatic rings. The van der Waals surface area contributed by atoms with Crippen LogP contribution >= 0.6 is 11.6 Å². The van der Waals surface area contributed by atoms with Crippen molar-refractivity contribution in [3.63, 3.8) is 0 Å². The Labute approximate surface area is 197 Å². The van der Waals surface area contributed by atoms with Gasteiger partial charge >= 0.3 is 0 Å². The van der Waals surface area contributed by atoms with Gasteiger partial charge in [-0.05, 0) is 48.0 Å². The number of carbonyl (C=O) groups excluding carboxylic acids is 1. The second kappa shape index (κ2) is 8.64. The van der Waals surface area contributed by atoms with Gasteiger partial charge in [0.2, 0.25) is 22.7 Å². The number of halogens is 1. The van der Waals surface area contributed by atoms with Crippen molar-refractivity contribution in [2.45, 2.75) is 23.5 Å². The molecule has 174 valence electrons. The lowest BCUT2D eigenvalue weighted by molar-refractivity contribution is -0.135. The molecular formula is C23H23ClN2O6S. The summed E-state index contributed by atoms with van der Waals surface area (Å²) in [7, 11) is -3.74. The maximum absolute atomic E-state index is 13.3. The summed E-state index contributed by atoms with van der Waals surface area (Å²) in [6.45, 7) is 1.60. The van der Waals surface area contributed by atoms with Gasteiger partial charge in [0.05, 0.1) is 11.5 Å². The largest absolute Gasteiger partial charge is 0.454 e. The molecule has 3 aliphatic rings. The predicted octanol–water partition coefficient (Wildman–Crippen LogP) is 3.12. The first-order valence-corrected chi connectivity index (χ1v) is 12.5. The Morgan fingerprint density at radius 1 is 1.00 bits per heavy atom. The summed E-state index contributed by atoms with van der Waals surface area (Å²) in [5.74, 6) is 1.21. The van der Waals surface area contributed by atoms with E-state index in [0.29, 0.717) is 49.1 Å². The summed E-state index contributed by atoms with van der Waals surface area (Å²) in [6.07, 6.45) is 4.07. The molecule has 0 unspecified atom stereocenters. The Morgan fingerprint density at radius 3 is 2.48 bits per heavy atom. The zero-order valence-corrected chi connectivity index (χ0v) is 19.3. The first kappa shape index (κ1) is 22.2. The molecule has 10 heteroatoms. The fraction of sp³-hybridized carbons (Fsp3) is 0.348. The lowest BCUT2D eigenvalue weighted by Crippen LogP contribution is -2.55. The molecule has 0 aliphatic carbocycles. The van der Waals surface area contributed by atoms with Crippen LogP contribution in [0.3, 0.4) is 0 Å². The van der Waals surface area contributed by atoms with Gasteiger partial charge in [-0.25, -0.2) is 8.42 Å². The third kappa shape index (κ3) is 4.21. The molecule has 0 atom stereocenters. The summed E-state index contributed by atoms with van der Waals surface area (Å²) in [5.41, 5.74) is -0.100. The maximum atomic E-state index is 13.3. The topological polar surface area (TPSA) is 85.4 Å². The number of nitrogens with zero attached hydrogens (tertiary/aromatic N) is 2. The molecule has 0 radical (unpaired) electrons. The van der Waals surface area contributed by atoms with E-state index in [4.69, 9.17) is 25.8 Å². The second-order valence-electron chi connectivity index (χ2n) is 8.10. The van der Waals surface area contributed by atoms with E-state index in [9.17, 15) is 13.2 Å². The molecule has 2 fully saturated rings. The van der Waals surface area contributed by atoms with Crippen LogP contribution in [0, 0.1) is 0 Å². The third-order valence-electron chi connectivity index (χ3n) is 6.19. The molecule has 0 saturated carbocycles. The van der Waals surface area contributed by atoms with Crippen molar-refractivity contribution in [1.82, 2.24) is 9.21 Å². The average molecular weight is 491 g/mol. The van der Waals surface area contributed by atoms with E-state index in [1.54, 1.807) is 23.1 Å². The number of piperidine rings is 1. The van der Waals surface area contributed by atoms with E-state index in [0.717, 1.165) is 5.56 Å². The molecule has 0 bridgehead atoms. The number of sulfonamides is 1. The van der Waals surface area contributed by atoms with Crippen molar-refractivity contribution in [2.24, 2.45) is 0 Å². The SMILES string of the molecule is O=C(/C=C/c1ccc2c(c1)OCO2)N1CCC2(CC1)OCCN2S(=O)(=O)c1ccc(Cl)cc1. The smallest absolute Gasteiger partial charge is 0.246 e. The van der Waals surface area contributed by atoms with E-state index < -0.39 is 15.7 Å². The molecule has 2 aromatic carbocycles. The van der Waals surface area contributed by atoms with Crippen molar-refractivity contribution < 1.29 is 27.4 Å². The number of amides is 1. The van der Waals surface area contributed by atoms with Gasteiger partial charge in [0, 0.05) is 43.6 Å². The van der Waals surface area contributed by atoms with Gasteiger partial charge in [-0.1, -0.05) is 17.7 Å². The van der Waals surface area contributed by atoms with Gasteiger partial charge in [0.15, 0.2) is 11.5 Å². The van der Waals surface area contributed by atoms with Crippen molar-refractivity contribution in [3.8, 4) is 11.5 Å². The number of hydrogen-bond donors (Lipinski definition) is 0. The van der Waals surface area contributed by atoms with Crippen LogP contribution in [0.5, 0.6) is 11.5 Å². The first-order chi connectivity index (χ1) is 15.9. The molecule has 3 aliphatic heterocycles. The van der Waals surface area contributed by atoms with Gasteiger partial charge in [0.25, 0.3) is 0 Å². The lowest BCUT2D eigenvalue weighted by Gasteiger charge is -2.42. The maximum Gasteiger partial charge on any atom is 0.246 e. The Bertz CT molecular complexity index is 1190. The second-order valence-corrected chi connectivity index (χ2v) is 10.4. The highest BCUT2D eigenvalue weighted by Crippen LogP contribution is 2.38. The van der Waals surface area contributed by atoms with Crippen LogP contribution < -0.4 is 9.47 Å². The van der Waals surface area contributed by atoms with Crippen molar-refractivity contribution in [3.05, 3.63) is 59.1 Å². The summed E-state index contributed by atoms with van der Waals surface area (Å²) in [4.78, 5) is 14.6. The fourth-order valence-electron chi connectivity index (χ4n) is 4.43. The number of carbonyl (C=O) groups is 1. The summed E-state index contributed by atoms with van der Waals surface area (Å²) >= 11 is 5.91. The molecule has 3 heterocycles. The first-order valence-electron chi connectivity index (χ1n) is 10.7. The molecule has 0 aromatic heterocycles. The Hall–Kier alpha value is -2.59. The molecule has 5 rings (SSSR count). The van der Waals surface area contributed by atoms with E-state index in [1.165, 1.54) is 22.5 Å². The van der Waals surface area contributed by atoms with Crippen molar-refractivity contribution >= 4 is 33.6 Å². The number of rotatable bonds is 4. The summed E-state index contributed by atoms with van der Waals surface area (Å²) < 4.78 is 44.6. The fourth-order valence-corrected chi connectivity index (χ4v) is 6.28. The highest BCUT2D eigenvalue weighted by molar-refractivity contribution is 7.89. The van der Waals surface area contributed by atoms with Crippen LogP contribution in [-0.4, -0.2) is 62.3 Å². The van der Waals surface area contributed by atoms with Crippen LogP contribution in [0.15, 0.2) is 53.4 Å². The van der Waals surface area contributed by atoms with Gasteiger partial charge < -0.3 is 19.1 Å². The lowest BCUT2D eigenvalue weighted by atomic mass is 10.0. The minimum absolute atomic E-state index is 0.132. The van der Waals surface area contributed by atoms with Crippen LogP contribution in [0.1, 0.15) is 18.4 Å². The molecule has 33 heavy (non-hydrogen) atoms. The van der Waals surface area contributed by atoms with Crippen molar-refractivity contribution in [1.29, 1.82) is 0 Å². The standard InChI is InChI=1S/C23H23ClN2O6S/c24-18-3-5-19(6-4-18)33(28,29)26-13-14-32-23(26)9-11-25(12-10-23)22(27)8-2-17-1-7-20-21(15-17)31-16-30-20/h1-8,15H,9-14,16H2/b8-2+. The molecular weight excluding hydrogens is 468 g/mol. The number of benzene rings is 2. The van der Waals surface area contributed by atoms with Crippen LogP contribution in [0.4, 0.5) is 0 Å². The molecule has 0 N–H and O–H groups in total. The van der Waals surface area contributed by atoms with E-state index in [-0.39, 0.29) is 24.1 Å². The zero-order valence-electron chi connectivity index (χ0n) is 17.8. The minimum atomic E-state index is -3.74. The number of likely N-dealkylation sites (tertiary alicyclic amines) is 1. The number of fused-ring (bicyclic) bond motifs is 1. The summed E-state index contributed by atoms with van der Waals surface area (Å²) in [6, 6.07) is 11.6. The summed E-state index contributed by atoms with van der Waals surface area (Å²) in [5, 5.41) is 0.474. The highest BCUT2D eigenvalue weighted by Gasteiger charge is 2.50. The predicted molar refractivity (Wildman–Crippen MR) is 121 cm³/mol. The van der Waals surface area contributed by atoms with Crippen LogP contribution in [0.2, 0.25) is 5.02 Å². The molecule has 1 amide bonds. The Kier molecular flexibility index (Phi) is 5.82. The van der Waals surface area contributed by atoms with E-state index in [1.807, 2.05) is 18.2 Å². The molecule has 2 saturated heterocycles. The molecule has 1 spiro atoms. The molecule has 8 nitrogen and oxygen atoms in total. The minimum Gasteiger partial charge on any atom is -0.454 e. The van der Waals surface area contributed by atoms with Crippen molar-refractivity contribution in [2.75, 3.05) is 33.0 Å². The van der Waals surface area contributed by atoms with E-state index in [2.05, 4.69) is 0 Å². The quantitative estimate of drug-likeness (QED) is 0.612. The number of ether oxygens (including phenoxy) is 3. The average Bonchev–Trinajstić information content (AvgIpc) is 3.45. The zero-order chi connectivity index (χ0) is 23.1. The Balaban J connectivity index is 1.25. The normalized spacial score (nSPS) is 20.1. The Morgan fingerprint density at radius 2 is 1.73 bits per heavy atom. The van der Waals surface area contributed by atoms with Gasteiger partial charge in [-0.3, -0.25) is 4.79 Å². The van der Waals surface area contributed by atoms with Gasteiger partial charge in [-0.15, -0.1) is 0 Å². The monoisotopic (exact) mass is 490 g/mol. The highest BCUT2D eigenvalue weighted by atomic mass is 35.5. The van der Waals surface area contributed by atoms with Crippen LogP contribution in [0.25, 0.3) is 6.08 Å².